The minimum Gasteiger partial charge on any atom is -0.478 e. The van der Waals surface area contributed by atoms with Crippen LogP contribution >= 0.6 is 0 Å². The van der Waals surface area contributed by atoms with E-state index in [0.717, 1.165) is 28.9 Å². The molecule has 2 nitrogen and oxygen atoms in total. The van der Waals surface area contributed by atoms with Crippen molar-refractivity contribution in [1.29, 1.82) is 0 Å². The van der Waals surface area contributed by atoms with Crippen LogP contribution in [0.25, 0.3) is 22.0 Å². The maximum atomic E-state index is 5.82. The number of nitrogens with zero attached hydrogens (tertiary/aromatic N) is 1. The number of aromatic nitrogens is 1. The Morgan fingerprint density at radius 2 is 1.64 bits per heavy atom. The van der Waals surface area contributed by atoms with E-state index >= 15 is 0 Å². The van der Waals surface area contributed by atoms with Gasteiger partial charge in [-0.25, -0.2) is 4.98 Å². The first-order valence-electron chi connectivity index (χ1n) is 9.09. The molecule has 0 saturated heterocycles. The van der Waals surface area contributed by atoms with Crippen molar-refractivity contribution in [1.82, 2.24) is 4.98 Å². The summed E-state index contributed by atoms with van der Waals surface area (Å²) in [4.78, 5) is 4.79. The maximum absolute atomic E-state index is 5.82. The Kier molecular flexibility index (Phi) is 4.80. The van der Waals surface area contributed by atoms with Crippen molar-refractivity contribution in [3.63, 3.8) is 0 Å². The first-order chi connectivity index (χ1) is 11.9. The van der Waals surface area contributed by atoms with E-state index in [9.17, 15) is 0 Å². The summed E-state index contributed by atoms with van der Waals surface area (Å²) < 4.78 is 5.82. The number of benzene rings is 2. The lowest BCUT2D eigenvalue weighted by Gasteiger charge is -2.19. The Bertz CT molecular complexity index is 873. The largest absolute Gasteiger partial charge is 0.478 e. The zero-order valence-corrected chi connectivity index (χ0v) is 15.9. The molecule has 0 saturated carbocycles. The lowest BCUT2D eigenvalue weighted by Crippen LogP contribution is -2.10. The van der Waals surface area contributed by atoms with Crippen LogP contribution in [0.4, 0.5) is 0 Å². The van der Waals surface area contributed by atoms with E-state index in [4.69, 9.17) is 9.72 Å². The summed E-state index contributed by atoms with van der Waals surface area (Å²) in [5.74, 6) is 0.720. The Balaban J connectivity index is 2.11. The van der Waals surface area contributed by atoms with Crippen LogP contribution in [0.5, 0.6) is 5.88 Å². The molecule has 130 valence electrons. The van der Waals surface area contributed by atoms with Gasteiger partial charge in [-0.15, -0.1) is 0 Å². The predicted octanol–water partition coefficient (Wildman–Crippen LogP) is 6.16. The van der Waals surface area contributed by atoms with Crippen molar-refractivity contribution in [3.05, 3.63) is 59.7 Å². The second-order valence-corrected chi connectivity index (χ2v) is 7.48. The average Bonchev–Trinajstić information content (AvgIpc) is 2.60. The zero-order valence-electron chi connectivity index (χ0n) is 15.9. The molecule has 0 atom stereocenters. The van der Waals surface area contributed by atoms with Gasteiger partial charge in [0.05, 0.1) is 12.3 Å². The summed E-state index contributed by atoms with van der Waals surface area (Å²) >= 11 is 0. The molecular weight excluding hydrogens is 306 g/mol. The summed E-state index contributed by atoms with van der Waals surface area (Å²) in [6, 6.07) is 17.4. The van der Waals surface area contributed by atoms with E-state index in [-0.39, 0.29) is 5.41 Å². The van der Waals surface area contributed by atoms with E-state index in [1.807, 2.05) is 6.92 Å². The van der Waals surface area contributed by atoms with Crippen LogP contribution in [0.2, 0.25) is 0 Å². The number of pyridine rings is 1. The zero-order chi connectivity index (χ0) is 18.0. The van der Waals surface area contributed by atoms with Crippen LogP contribution in [0, 0.1) is 0 Å². The molecule has 25 heavy (non-hydrogen) atoms. The molecule has 3 aromatic rings. The summed E-state index contributed by atoms with van der Waals surface area (Å²) in [5.41, 5.74) is 4.90. The third-order valence-electron chi connectivity index (χ3n) is 4.60. The van der Waals surface area contributed by atoms with Crippen molar-refractivity contribution >= 4 is 10.8 Å². The van der Waals surface area contributed by atoms with Crippen LogP contribution in [-0.4, -0.2) is 11.6 Å². The third kappa shape index (κ3) is 3.68. The van der Waals surface area contributed by atoms with Gasteiger partial charge in [0.15, 0.2) is 0 Å². The van der Waals surface area contributed by atoms with Gasteiger partial charge >= 0.3 is 0 Å². The molecule has 0 unspecified atom stereocenters. The number of aryl methyl sites for hydroxylation is 1. The molecule has 1 aromatic heterocycles. The lowest BCUT2D eigenvalue weighted by molar-refractivity contribution is 0.332. The summed E-state index contributed by atoms with van der Waals surface area (Å²) in [6.45, 7) is 11.5. The number of hydrogen-bond acceptors (Lipinski definition) is 2. The van der Waals surface area contributed by atoms with E-state index in [1.54, 1.807) is 0 Å². The standard InChI is InChI=1S/C23H27NO/c1-6-16-8-13-20-18(14-16)15-21(24-22(20)25-7-2)17-9-11-19(12-10-17)23(3,4)5/h8-15H,6-7H2,1-5H3. The number of hydrogen-bond donors (Lipinski definition) is 0. The molecule has 0 N–H and O–H groups in total. The van der Waals surface area contributed by atoms with Crippen LogP contribution in [0.3, 0.4) is 0 Å². The highest BCUT2D eigenvalue weighted by Gasteiger charge is 2.14. The van der Waals surface area contributed by atoms with E-state index in [2.05, 4.69) is 76.2 Å². The lowest BCUT2D eigenvalue weighted by atomic mass is 9.86. The monoisotopic (exact) mass is 333 g/mol. The molecule has 0 radical (unpaired) electrons. The highest BCUT2D eigenvalue weighted by molar-refractivity contribution is 5.90. The molecule has 2 aromatic carbocycles. The van der Waals surface area contributed by atoms with Gasteiger partial charge in [-0.1, -0.05) is 64.1 Å². The minimum absolute atomic E-state index is 0.155. The van der Waals surface area contributed by atoms with Crippen LogP contribution in [-0.2, 0) is 11.8 Å². The molecule has 0 bridgehead atoms. The molecule has 0 amide bonds. The van der Waals surface area contributed by atoms with Gasteiger partial charge in [0.2, 0.25) is 5.88 Å². The van der Waals surface area contributed by atoms with E-state index in [1.165, 1.54) is 16.5 Å². The molecule has 0 fully saturated rings. The normalized spacial score (nSPS) is 11.7. The topological polar surface area (TPSA) is 22.1 Å². The van der Waals surface area contributed by atoms with Gasteiger partial charge in [0.25, 0.3) is 0 Å². The van der Waals surface area contributed by atoms with Gasteiger partial charge in [-0.2, -0.15) is 0 Å². The van der Waals surface area contributed by atoms with Crippen molar-refractivity contribution in [2.24, 2.45) is 0 Å². The van der Waals surface area contributed by atoms with Crippen molar-refractivity contribution in [3.8, 4) is 17.1 Å². The molecule has 0 spiro atoms. The first kappa shape index (κ1) is 17.5. The van der Waals surface area contributed by atoms with Crippen LogP contribution in [0.1, 0.15) is 45.7 Å². The van der Waals surface area contributed by atoms with Crippen molar-refractivity contribution in [2.75, 3.05) is 6.61 Å². The quantitative estimate of drug-likeness (QED) is 0.570. The van der Waals surface area contributed by atoms with E-state index in [0.29, 0.717) is 6.61 Å². The summed E-state index contributed by atoms with van der Waals surface area (Å²) in [5, 5.41) is 2.27. The fourth-order valence-electron chi connectivity index (χ4n) is 3.03. The average molecular weight is 333 g/mol. The Hall–Kier alpha value is -2.35. The molecule has 0 aliphatic rings. The van der Waals surface area contributed by atoms with Crippen molar-refractivity contribution < 1.29 is 4.74 Å². The highest BCUT2D eigenvalue weighted by atomic mass is 16.5. The van der Waals surface area contributed by atoms with Gasteiger partial charge in [-0.05, 0) is 47.4 Å². The molecule has 1 heterocycles. The van der Waals surface area contributed by atoms with Crippen LogP contribution < -0.4 is 4.74 Å². The van der Waals surface area contributed by atoms with Gasteiger partial charge in [0, 0.05) is 10.9 Å². The highest BCUT2D eigenvalue weighted by Crippen LogP contribution is 2.31. The molecule has 2 heteroatoms. The van der Waals surface area contributed by atoms with E-state index < -0.39 is 0 Å². The Labute approximate surface area is 150 Å². The number of fused-ring (bicyclic) bond motifs is 1. The second kappa shape index (κ2) is 6.87. The Morgan fingerprint density at radius 1 is 0.920 bits per heavy atom. The van der Waals surface area contributed by atoms with Crippen molar-refractivity contribution in [2.45, 2.75) is 46.5 Å². The Morgan fingerprint density at radius 3 is 2.24 bits per heavy atom. The molecular formula is C23H27NO. The van der Waals surface area contributed by atoms with Gasteiger partial charge < -0.3 is 4.74 Å². The summed E-state index contributed by atoms with van der Waals surface area (Å²) in [6.07, 6.45) is 1.03. The number of rotatable bonds is 4. The smallest absolute Gasteiger partial charge is 0.221 e. The third-order valence-corrected chi connectivity index (χ3v) is 4.60. The fraction of sp³-hybridized carbons (Fsp3) is 0.348. The van der Waals surface area contributed by atoms with Gasteiger partial charge in [0.1, 0.15) is 0 Å². The molecule has 0 aliphatic heterocycles. The fourth-order valence-corrected chi connectivity index (χ4v) is 3.03. The summed E-state index contributed by atoms with van der Waals surface area (Å²) in [7, 11) is 0. The molecule has 3 rings (SSSR count). The number of ether oxygens (including phenoxy) is 1. The SMILES string of the molecule is CCOc1nc(-c2ccc(C(C)(C)C)cc2)cc2cc(CC)ccc12. The predicted molar refractivity (Wildman–Crippen MR) is 106 cm³/mol. The van der Waals surface area contributed by atoms with Crippen LogP contribution in [0.15, 0.2) is 48.5 Å². The second-order valence-electron chi connectivity index (χ2n) is 7.48. The maximum Gasteiger partial charge on any atom is 0.221 e. The minimum atomic E-state index is 0.155. The molecule has 0 aliphatic carbocycles. The first-order valence-corrected chi connectivity index (χ1v) is 9.09. The van der Waals surface area contributed by atoms with Gasteiger partial charge in [-0.3, -0.25) is 0 Å².